The van der Waals surface area contributed by atoms with Crippen LogP contribution in [0, 0.1) is 0 Å². The van der Waals surface area contributed by atoms with E-state index in [2.05, 4.69) is 15.8 Å². The van der Waals surface area contributed by atoms with Gasteiger partial charge in [-0.3, -0.25) is 10.1 Å². The van der Waals surface area contributed by atoms with Crippen LogP contribution in [0.5, 0.6) is 5.75 Å². The Bertz CT molecular complexity index is 739. The predicted molar refractivity (Wildman–Crippen MR) is 86.4 cm³/mol. The normalized spacial score (nSPS) is 13.7. The molecule has 1 aliphatic heterocycles. The van der Waals surface area contributed by atoms with Crippen LogP contribution in [0.15, 0.2) is 59.7 Å². The van der Waals surface area contributed by atoms with E-state index in [4.69, 9.17) is 4.74 Å². The van der Waals surface area contributed by atoms with Crippen molar-refractivity contribution >= 4 is 23.4 Å². The zero-order valence-electron chi connectivity index (χ0n) is 12.3. The summed E-state index contributed by atoms with van der Waals surface area (Å²) in [6, 6.07) is 16.1. The lowest BCUT2D eigenvalue weighted by Crippen LogP contribution is -2.25. The summed E-state index contributed by atoms with van der Waals surface area (Å²) in [5.74, 6) is 0.407. The Morgan fingerprint density at radius 2 is 1.78 bits per heavy atom. The number of benzene rings is 2. The molecule has 1 heterocycles. The summed E-state index contributed by atoms with van der Waals surface area (Å²) in [6.07, 6.45) is 0.489. The lowest BCUT2D eigenvalue weighted by Gasteiger charge is -2.12. The fourth-order valence-electron chi connectivity index (χ4n) is 2.17. The number of rotatable bonds is 3. The van der Waals surface area contributed by atoms with Crippen molar-refractivity contribution in [1.29, 1.82) is 0 Å². The second-order valence-corrected chi connectivity index (χ2v) is 5.00. The lowest BCUT2D eigenvalue weighted by molar-refractivity contribution is -0.121. The maximum Gasteiger partial charge on any atom is 0.417 e. The van der Waals surface area contributed by atoms with Gasteiger partial charge in [0.05, 0.1) is 5.71 Å². The third-order valence-electron chi connectivity index (χ3n) is 3.32. The van der Waals surface area contributed by atoms with E-state index < -0.39 is 6.09 Å². The number of para-hydroxylation sites is 1. The molecular formula is C17H15N3O3. The van der Waals surface area contributed by atoms with Gasteiger partial charge < -0.3 is 4.74 Å². The smallest absolute Gasteiger partial charge is 0.410 e. The number of nitrogens with zero attached hydrogens (tertiary/aromatic N) is 1. The number of hydrazone groups is 1. The van der Waals surface area contributed by atoms with Crippen molar-refractivity contribution < 1.29 is 14.3 Å². The Balaban J connectivity index is 1.61. The molecule has 2 amide bonds. The Labute approximate surface area is 133 Å². The van der Waals surface area contributed by atoms with Gasteiger partial charge in [0.2, 0.25) is 5.91 Å². The highest BCUT2D eigenvalue weighted by atomic mass is 16.6. The van der Waals surface area contributed by atoms with E-state index in [9.17, 15) is 9.59 Å². The summed E-state index contributed by atoms with van der Waals surface area (Å²) in [4.78, 5) is 22.9. The van der Waals surface area contributed by atoms with Crippen LogP contribution in [0.2, 0.25) is 0 Å². The molecule has 6 heteroatoms. The van der Waals surface area contributed by atoms with Crippen LogP contribution in [-0.2, 0) is 4.79 Å². The SMILES string of the molecule is O=C1CCC(c2ccc(NC(=O)Oc3ccccc3)cc2)=NN1. The molecule has 2 N–H and O–H groups in total. The minimum absolute atomic E-state index is 0.0734. The number of anilines is 1. The average molecular weight is 309 g/mol. The van der Waals surface area contributed by atoms with Gasteiger partial charge in [-0.25, -0.2) is 10.2 Å². The van der Waals surface area contributed by atoms with E-state index in [-0.39, 0.29) is 5.91 Å². The van der Waals surface area contributed by atoms with Crippen LogP contribution in [0.3, 0.4) is 0 Å². The van der Waals surface area contributed by atoms with Crippen molar-refractivity contribution in [3.63, 3.8) is 0 Å². The first-order valence-corrected chi connectivity index (χ1v) is 7.20. The largest absolute Gasteiger partial charge is 0.417 e. The summed E-state index contributed by atoms with van der Waals surface area (Å²) < 4.78 is 5.16. The van der Waals surface area contributed by atoms with Crippen LogP contribution in [-0.4, -0.2) is 17.7 Å². The molecule has 0 atom stereocenters. The third-order valence-corrected chi connectivity index (χ3v) is 3.32. The molecule has 0 aromatic heterocycles. The molecule has 0 radical (unpaired) electrons. The topological polar surface area (TPSA) is 79.8 Å². The summed E-state index contributed by atoms with van der Waals surface area (Å²) in [5.41, 5.74) is 4.82. The molecule has 116 valence electrons. The Kier molecular flexibility index (Phi) is 4.33. The first kappa shape index (κ1) is 14.8. The highest BCUT2D eigenvalue weighted by Gasteiger charge is 2.13. The molecule has 0 saturated carbocycles. The third kappa shape index (κ3) is 3.94. The lowest BCUT2D eigenvalue weighted by atomic mass is 10.0. The summed E-state index contributed by atoms with van der Waals surface area (Å²) in [7, 11) is 0. The molecule has 3 rings (SSSR count). The summed E-state index contributed by atoms with van der Waals surface area (Å²) >= 11 is 0. The number of carbonyl (C=O) groups is 2. The fourth-order valence-corrected chi connectivity index (χ4v) is 2.17. The maximum absolute atomic E-state index is 11.8. The highest BCUT2D eigenvalue weighted by molar-refractivity contribution is 6.04. The van der Waals surface area contributed by atoms with Crippen molar-refractivity contribution in [1.82, 2.24) is 5.43 Å². The molecule has 1 aliphatic rings. The molecule has 0 aliphatic carbocycles. The van der Waals surface area contributed by atoms with Gasteiger partial charge in [0.15, 0.2) is 0 Å². The molecule has 6 nitrogen and oxygen atoms in total. The number of hydrogen-bond acceptors (Lipinski definition) is 4. The van der Waals surface area contributed by atoms with Crippen LogP contribution in [0.25, 0.3) is 0 Å². The second kappa shape index (κ2) is 6.74. The van der Waals surface area contributed by atoms with Crippen molar-refractivity contribution in [3.05, 3.63) is 60.2 Å². The highest BCUT2D eigenvalue weighted by Crippen LogP contribution is 2.15. The van der Waals surface area contributed by atoms with E-state index in [1.54, 1.807) is 36.4 Å². The first-order valence-electron chi connectivity index (χ1n) is 7.20. The fraction of sp³-hybridized carbons (Fsp3) is 0.118. The zero-order chi connectivity index (χ0) is 16.1. The number of nitrogens with one attached hydrogen (secondary N) is 2. The molecule has 0 spiro atoms. The van der Waals surface area contributed by atoms with Gasteiger partial charge in [-0.05, 0) is 29.8 Å². The molecular weight excluding hydrogens is 294 g/mol. The van der Waals surface area contributed by atoms with Gasteiger partial charge in [-0.15, -0.1) is 0 Å². The standard InChI is InChI=1S/C17H15N3O3/c21-16-11-10-15(19-20-16)12-6-8-13(9-7-12)18-17(22)23-14-4-2-1-3-5-14/h1-9H,10-11H2,(H,18,22)(H,20,21). The van der Waals surface area contributed by atoms with E-state index >= 15 is 0 Å². The Morgan fingerprint density at radius 1 is 1.04 bits per heavy atom. The van der Waals surface area contributed by atoms with Gasteiger partial charge in [0.25, 0.3) is 0 Å². The Morgan fingerprint density at radius 3 is 2.43 bits per heavy atom. The van der Waals surface area contributed by atoms with Crippen LogP contribution >= 0.6 is 0 Å². The van der Waals surface area contributed by atoms with Crippen molar-refractivity contribution in [2.24, 2.45) is 5.10 Å². The van der Waals surface area contributed by atoms with Gasteiger partial charge in [0, 0.05) is 18.5 Å². The monoisotopic (exact) mass is 309 g/mol. The molecule has 0 bridgehead atoms. The minimum Gasteiger partial charge on any atom is -0.410 e. The van der Waals surface area contributed by atoms with Gasteiger partial charge >= 0.3 is 6.09 Å². The van der Waals surface area contributed by atoms with E-state index in [1.165, 1.54) is 0 Å². The van der Waals surface area contributed by atoms with Crippen molar-refractivity contribution in [2.75, 3.05) is 5.32 Å². The number of hydrogen-bond donors (Lipinski definition) is 2. The van der Waals surface area contributed by atoms with Crippen LogP contribution in [0.1, 0.15) is 18.4 Å². The van der Waals surface area contributed by atoms with E-state index in [0.717, 1.165) is 11.3 Å². The average Bonchev–Trinajstić information content (AvgIpc) is 2.57. The predicted octanol–water partition coefficient (Wildman–Crippen LogP) is 2.91. The van der Waals surface area contributed by atoms with Crippen LogP contribution in [0.4, 0.5) is 10.5 Å². The van der Waals surface area contributed by atoms with E-state index in [0.29, 0.717) is 24.3 Å². The minimum atomic E-state index is -0.550. The number of amides is 2. The second-order valence-electron chi connectivity index (χ2n) is 5.00. The summed E-state index contributed by atoms with van der Waals surface area (Å²) in [5, 5.41) is 6.69. The molecule has 2 aromatic rings. The van der Waals surface area contributed by atoms with Crippen molar-refractivity contribution in [3.8, 4) is 5.75 Å². The van der Waals surface area contributed by atoms with Gasteiger partial charge in [-0.2, -0.15) is 5.10 Å². The number of carbonyl (C=O) groups excluding carboxylic acids is 2. The van der Waals surface area contributed by atoms with Crippen molar-refractivity contribution in [2.45, 2.75) is 12.8 Å². The quantitative estimate of drug-likeness (QED) is 0.915. The molecule has 0 fully saturated rings. The molecule has 23 heavy (non-hydrogen) atoms. The first-order chi connectivity index (χ1) is 11.2. The molecule has 0 unspecified atom stereocenters. The van der Waals surface area contributed by atoms with Gasteiger partial charge in [-0.1, -0.05) is 30.3 Å². The molecule has 0 saturated heterocycles. The summed E-state index contributed by atoms with van der Waals surface area (Å²) in [6.45, 7) is 0. The molecule has 2 aromatic carbocycles. The number of ether oxygens (including phenoxy) is 1. The Hall–Kier alpha value is -3.15. The van der Waals surface area contributed by atoms with E-state index in [1.807, 2.05) is 18.2 Å². The zero-order valence-corrected chi connectivity index (χ0v) is 12.3. The maximum atomic E-state index is 11.8. The van der Waals surface area contributed by atoms with Crippen LogP contribution < -0.4 is 15.5 Å². The van der Waals surface area contributed by atoms with Gasteiger partial charge in [0.1, 0.15) is 5.75 Å².